The molecule has 162 valence electrons. The maximum Gasteiger partial charge on any atom is 0.221 e. The predicted octanol–water partition coefficient (Wildman–Crippen LogP) is 2.32. The number of anilines is 2. The van der Waals surface area contributed by atoms with Gasteiger partial charge in [-0.1, -0.05) is 0 Å². The molecule has 0 radical (unpaired) electrons. The Hall–Kier alpha value is -3.10. The zero-order valence-corrected chi connectivity index (χ0v) is 17.5. The maximum atomic E-state index is 11.1. The second-order valence-electron chi connectivity index (χ2n) is 6.88. The van der Waals surface area contributed by atoms with Crippen LogP contribution in [0.1, 0.15) is 19.4 Å². The van der Waals surface area contributed by atoms with E-state index in [2.05, 4.69) is 16.0 Å². The highest BCUT2D eigenvalue weighted by molar-refractivity contribution is 5.89. The van der Waals surface area contributed by atoms with Crippen molar-refractivity contribution in [3.8, 4) is 11.5 Å². The average molecular weight is 415 g/mol. The molecule has 0 aliphatic carbocycles. The number of hydrogen-bond acceptors (Lipinski definition) is 6. The number of hydrogen-bond donors (Lipinski definition) is 4. The largest absolute Gasteiger partial charge is 0.492 e. The van der Waals surface area contributed by atoms with Crippen molar-refractivity contribution < 1.29 is 24.2 Å². The first kappa shape index (κ1) is 23.2. The summed E-state index contributed by atoms with van der Waals surface area (Å²) < 4.78 is 11.3. The Bertz CT molecular complexity index is 839. The van der Waals surface area contributed by atoms with Crippen molar-refractivity contribution in [3.63, 3.8) is 0 Å². The van der Waals surface area contributed by atoms with E-state index in [1.807, 2.05) is 13.0 Å². The number of rotatable bonds is 11. The van der Waals surface area contributed by atoms with Crippen LogP contribution >= 0.6 is 0 Å². The van der Waals surface area contributed by atoms with Gasteiger partial charge in [0.25, 0.3) is 0 Å². The summed E-state index contributed by atoms with van der Waals surface area (Å²) in [4.78, 5) is 22.1. The van der Waals surface area contributed by atoms with E-state index in [0.29, 0.717) is 36.9 Å². The van der Waals surface area contributed by atoms with Gasteiger partial charge in [-0.3, -0.25) is 9.59 Å². The number of aliphatic hydroxyl groups is 1. The molecule has 0 spiro atoms. The lowest BCUT2D eigenvalue weighted by Gasteiger charge is -2.15. The molecule has 4 N–H and O–H groups in total. The molecule has 1 unspecified atom stereocenters. The molecule has 0 saturated heterocycles. The average Bonchev–Trinajstić information content (AvgIpc) is 2.67. The molecule has 30 heavy (non-hydrogen) atoms. The van der Waals surface area contributed by atoms with Crippen LogP contribution in [0.2, 0.25) is 0 Å². The number of nitrogens with one attached hydrogen (secondary N) is 3. The van der Waals surface area contributed by atoms with Crippen molar-refractivity contribution in [2.24, 2.45) is 0 Å². The van der Waals surface area contributed by atoms with Crippen molar-refractivity contribution in [2.45, 2.75) is 26.9 Å². The molecular weight excluding hydrogens is 386 g/mol. The molecule has 8 nitrogen and oxygen atoms in total. The third-order valence-corrected chi connectivity index (χ3v) is 4.03. The van der Waals surface area contributed by atoms with E-state index >= 15 is 0 Å². The van der Waals surface area contributed by atoms with Crippen molar-refractivity contribution >= 4 is 23.2 Å². The van der Waals surface area contributed by atoms with E-state index in [9.17, 15) is 14.7 Å². The minimum atomic E-state index is -0.670. The number of carbonyl (C=O) groups excluding carboxylic acids is 2. The molecule has 2 aromatic rings. The van der Waals surface area contributed by atoms with Gasteiger partial charge in [0.2, 0.25) is 11.8 Å². The molecule has 2 rings (SSSR count). The van der Waals surface area contributed by atoms with Gasteiger partial charge in [-0.05, 0) is 55.0 Å². The van der Waals surface area contributed by atoms with Crippen LogP contribution in [0.5, 0.6) is 11.5 Å². The molecule has 8 heteroatoms. The van der Waals surface area contributed by atoms with Crippen LogP contribution in [-0.4, -0.2) is 49.3 Å². The Kier molecular flexibility index (Phi) is 9.11. The number of carbonyl (C=O) groups is 2. The van der Waals surface area contributed by atoms with Gasteiger partial charge in [-0.2, -0.15) is 0 Å². The Morgan fingerprint density at radius 2 is 1.60 bits per heavy atom. The van der Waals surface area contributed by atoms with E-state index in [-0.39, 0.29) is 18.4 Å². The number of ether oxygens (including phenoxy) is 2. The first-order chi connectivity index (χ1) is 14.3. The summed E-state index contributed by atoms with van der Waals surface area (Å²) in [5, 5.41) is 18.6. The lowest BCUT2D eigenvalue weighted by molar-refractivity contribution is -0.115. The third kappa shape index (κ3) is 8.50. The molecule has 0 aliphatic rings. The van der Waals surface area contributed by atoms with Crippen LogP contribution in [0.4, 0.5) is 11.4 Å². The van der Waals surface area contributed by atoms with Gasteiger partial charge in [-0.15, -0.1) is 0 Å². The molecule has 2 amide bonds. The molecule has 0 fully saturated rings. The van der Waals surface area contributed by atoms with Gasteiger partial charge in [0.1, 0.15) is 30.8 Å². The molecule has 0 saturated carbocycles. The van der Waals surface area contributed by atoms with Crippen molar-refractivity contribution in [1.82, 2.24) is 5.32 Å². The van der Waals surface area contributed by atoms with Gasteiger partial charge in [0.05, 0.1) is 0 Å². The SMILES string of the molecule is CC(=O)Nc1ccc(OCCNCC(O)COc2ccc(NC(C)=O)cc2C)cc1. The fourth-order valence-electron chi connectivity index (χ4n) is 2.68. The molecule has 0 bridgehead atoms. The van der Waals surface area contributed by atoms with Crippen LogP contribution in [0.15, 0.2) is 42.5 Å². The molecule has 1 atom stereocenters. The number of benzene rings is 2. The Balaban J connectivity index is 1.62. The predicted molar refractivity (Wildman–Crippen MR) is 116 cm³/mol. The topological polar surface area (TPSA) is 109 Å². The lowest BCUT2D eigenvalue weighted by atomic mass is 10.2. The van der Waals surface area contributed by atoms with E-state index in [0.717, 1.165) is 11.3 Å². The number of amides is 2. The summed E-state index contributed by atoms with van der Waals surface area (Å²) >= 11 is 0. The Morgan fingerprint density at radius 1 is 0.967 bits per heavy atom. The van der Waals surface area contributed by atoms with Gasteiger partial charge in [0, 0.05) is 38.3 Å². The summed E-state index contributed by atoms with van der Waals surface area (Å²) in [6.07, 6.45) is -0.670. The summed E-state index contributed by atoms with van der Waals surface area (Å²) in [7, 11) is 0. The first-order valence-electron chi connectivity index (χ1n) is 9.74. The van der Waals surface area contributed by atoms with Crippen molar-refractivity contribution in [3.05, 3.63) is 48.0 Å². The van der Waals surface area contributed by atoms with Gasteiger partial charge < -0.3 is 30.5 Å². The van der Waals surface area contributed by atoms with Crippen molar-refractivity contribution in [1.29, 1.82) is 0 Å². The molecule has 0 aliphatic heterocycles. The van der Waals surface area contributed by atoms with Crippen LogP contribution in [0, 0.1) is 6.92 Å². The first-order valence-corrected chi connectivity index (χ1v) is 9.74. The van der Waals surface area contributed by atoms with E-state index in [1.54, 1.807) is 36.4 Å². The lowest BCUT2D eigenvalue weighted by Crippen LogP contribution is -2.33. The van der Waals surface area contributed by atoms with Crippen molar-refractivity contribution in [2.75, 3.05) is 36.9 Å². The highest BCUT2D eigenvalue weighted by Gasteiger charge is 2.08. The minimum Gasteiger partial charge on any atom is -0.492 e. The Morgan fingerprint density at radius 3 is 2.23 bits per heavy atom. The van der Waals surface area contributed by atoms with E-state index in [1.165, 1.54) is 13.8 Å². The molecule has 2 aromatic carbocycles. The van der Waals surface area contributed by atoms with E-state index < -0.39 is 6.10 Å². The quantitative estimate of drug-likeness (QED) is 0.420. The maximum absolute atomic E-state index is 11.1. The van der Waals surface area contributed by atoms with Crippen LogP contribution in [0.25, 0.3) is 0 Å². The number of aliphatic hydroxyl groups excluding tert-OH is 1. The fourth-order valence-corrected chi connectivity index (χ4v) is 2.68. The van der Waals surface area contributed by atoms with Crippen LogP contribution in [-0.2, 0) is 9.59 Å². The van der Waals surface area contributed by atoms with Gasteiger partial charge in [-0.25, -0.2) is 0 Å². The fraction of sp³-hybridized carbons (Fsp3) is 0.364. The highest BCUT2D eigenvalue weighted by atomic mass is 16.5. The molecule has 0 heterocycles. The summed E-state index contributed by atoms with van der Waals surface area (Å²) in [6, 6.07) is 12.5. The summed E-state index contributed by atoms with van der Waals surface area (Å²) in [5.41, 5.74) is 2.30. The van der Waals surface area contributed by atoms with Gasteiger partial charge in [0.15, 0.2) is 0 Å². The highest BCUT2D eigenvalue weighted by Crippen LogP contribution is 2.22. The molecule has 0 aromatic heterocycles. The smallest absolute Gasteiger partial charge is 0.221 e. The second-order valence-corrected chi connectivity index (χ2v) is 6.88. The number of aryl methyl sites for hydroxylation is 1. The Labute approximate surface area is 176 Å². The monoisotopic (exact) mass is 415 g/mol. The van der Waals surface area contributed by atoms with Crippen LogP contribution in [0.3, 0.4) is 0 Å². The third-order valence-electron chi connectivity index (χ3n) is 4.03. The minimum absolute atomic E-state index is 0.118. The standard InChI is InChI=1S/C22H29N3O5/c1-15-12-19(25-17(3)27)6-9-22(15)30-14-20(28)13-23-10-11-29-21-7-4-18(5-8-21)24-16(2)26/h4-9,12,20,23,28H,10-11,13-14H2,1-3H3,(H,24,26)(H,25,27). The van der Waals surface area contributed by atoms with Crippen LogP contribution < -0.4 is 25.4 Å². The second kappa shape index (κ2) is 11.8. The summed E-state index contributed by atoms with van der Waals surface area (Å²) in [6.45, 7) is 6.32. The van der Waals surface area contributed by atoms with E-state index in [4.69, 9.17) is 9.47 Å². The zero-order chi connectivity index (χ0) is 21.9. The summed E-state index contributed by atoms with van der Waals surface area (Å²) in [5.74, 6) is 1.12. The normalized spacial score (nSPS) is 11.5. The van der Waals surface area contributed by atoms with Gasteiger partial charge >= 0.3 is 0 Å². The molecular formula is C22H29N3O5. The zero-order valence-electron chi connectivity index (χ0n) is 17.5.